The first kappa shape index (κ1) is 35.7. The number of hydrogen-bond donors (Lipinski definition) is 8. The number of ether oxygens (including phenoxy) is 2. The second-order valence-corrected chi connectivity index (χ2v) is 17.7. The fraction of sp³-hybridized carbons (Fsp3) is 0.917. The Morgan fingerprint density at radius 3 is 2.17 bits per heavy atom. The lowest BCUT2D eigenvalue weighted by molar-refractivity contribution is -0.300. The van der Waals surface area contributed by atoms with Crippen LogP contribution in [0.3, 0.4) is 0 Å². The van der Waals surface area contributed by atoms with E-state index in [9.17, 15) is 45.6 Å². The van der Waals surface area contributed by atoms with E-state index in [1.807, 2.05) is 20.8 Å². The van der Waals surface area contributed by atoms with Crippen LogP contribution in [0.5, 0.6) is 0 Å². The number of rotatable bonds is 4. The summed E-state index contributed by atoms with van der Waals surface area (Å²) in [4.78, 5) is 14.5. The molecule has 6 aliphatic rings. The van der Waals surface area contributed by atoms with Crippen molar-refractivity contribution in [1.82, 2.24) is 0 Å². The molecule has 16 atom stereocenters. The van der Waals surface area contributed by atoms with Crippen molar-refractivity contribution >= 4 is 5.97 Å². The minimum absolute atomic E-state index is 0.0259. The number of carbonyl (C=O) groups excluding carboxylic acids is 1. The lowest BCUT2D eigenvalue weighted by Crippen LogP contribution is -2.69. The molecule has 0 bridgehead atoms. The van der Waals surface area contributed by atoms with Gasteiger partial charge >= 0.3 is 5.97 Å². The number of aliphatic hydroxyl groups excluding tert-OH is 8. The summed E-state index contributed by atoms with van der Waals surface area (Å²) in [5, 5.41) is 86.2. The van der Waals surface area contributed by atoms with E-state index in [2.05, 4.69) is 26.8 Å². The molecular weight excluding hydrogens is 608 g/mol. The topological polar surface area (TPSA) is 197 Å². The zero-order chi connectivity index (χ0) is 34.7. The van der Waals surface area contributed by atoms with E-state index in [-0.39, 0.29) is 35.7 Å². The third-order valence-corrected chi connectivity index (χ3v) is 15.6. The van der Waals surface area contributed by atoms with Gasteiger partial charge in [0, 0.05) is 16.7 Å². The molecule has 16 unspecified atom stereocenters. The fourth-order valence-electron chi connectivity index (χ4n) is 12.0. The van der Waals surface area contributed by atoms with Crippen LogP contribution >= 0.6 is 0 Å². The molecule has 47 heavy (non-hydrogen) atoms. The largest absolute Gasteiger partial charge is 0.432 e. The summed E-state index contributed by atoms with van der Waals surface area (Å²) in [5.41, 5.74) is -2.65. The zero-order valence-electron chi connectivity index (χ0n) is 28.8. The number of allylic oxidation sites excluding steroid dienone is 1. The van der Waals surface area contributed by atoms with Crippen molar-refractivity contribution in [3.05, 3.63) is 11.6 Å². The van der Waals surface area contributed by atoms with Gasteiger partial charge < -0.3 is 50.3 Å². The molecule has 5 fully saturated rings. The number of carbonyl (C=O) groups is 1. The van der Waals surface area contributed by atoms with Crippen LogP contribution in [0.1, 0.15) is 92.9 Å². The van der Waals surface area contributed by atoms with E-state index in [1.165, 1.54) is 0 Å². The van der Waals surface area contributed by atoms with Crippen molar-refractivity contribution in [2.45, 2.75) is 142 Å². The molecule has 268 valence electrons. The van der Waals surface area contributed by atoms with E-state index < -0.39 is 89.2 Å². The number of hydrogen-bond acceptors (Lipinski definition) is 11. The summed E-state index contributed by atoms with van der Waals surface area (Å²) in [6, 6.07) is 0. The van der Waals surface area contributed by atoms with E-state index in [1.54, 1.807) is 0 Å². The average Bonchev–Trinajstić information content (AvgIpc) is 3.02. The van der Waals surface area contributed by atoms with Gasteiger partial charge in [-0.2, -0.15) is 0 Å². The molecule has 0 spiro atoms. The average molecular weight is 667 g/mol. The first-order valence-electron chi connectivity index (χ1n) is 17.7. The molecule has 11 nitrogen and oxygen atoms in total. The molecule has 5 aliphatic carbocycles. The van der Waals surface area contributed by atoms with Gasteiger partial charge in [0.15, 0.2) is 0 Å². The normalized spacial score (nSPS) is 55.4. The molecule has 6 rings (SSSR count). The van der Waals surface area contributed by atoms with Crippen LogP contribution in [0.2, 0.25) is 0 Å². The second kappa shape index (κ2) is 11.4. The van der Waals surface area contributed by atoms with Gasteiger partial charge in [0.25, 0.3) is 0 Å². The van der Waals surface area contributed by atoms with Gasteiger partial charge in [0.05, 0.1) is 36.9 Å². The second-order valence-electron chi connectivity index (χ2n) is 17.7. The van der Waals surface area contributed by atoms with Crippen molar-refractivity contribution in [3.8, 4) is 0 Å². The maximum atomic E-state index is 14.5. The molecule has 4 saturated carbocycles. The highest BCUT2D eigenvalue weighted by molar-refractivity contribution is 5.79. The summed E-state index contributed by atoms with van der Waals surface area (Å²) in [5.74, 6) is -1.07. The van der Waals surface area contributed by atoms with Gasteiger partial charge in [-0.15, -0.1) is 0 Å². The Bertz CT molecular complexity index is 1270. The van der Waals surface area contributed by atoms with Gasteiger partial charge in [-0.05, 0) is 79.4 Å². The lowest BCUT2D eigenvalue weighted by Gasteiger charge is -2.71. The highest BCUT2D eigenvalue weighted by Gasteiger charge is 2.72. The maximum Gasteiger partial charge on any atom is 0.315 e. The molecule has 0 amide bonds. The van der Waals surface area contributed by atoms with E-state index in [0.717, 1.165) is 31.3 Å². The van der Waals surface area contributed by atoms with Crippen molar-refractivity contribution in [1.29, 1.82) is 0 Å². The first-order valence-corrected chi connectivity index (χ1v) is 17.7. The summed E-state index contributed by atoms with van der Waals surface area (Å²) in [7, 11) is 0. The third kappa shape index (κ3) is 4.60. The van der Waals surface area contributed by atoms with Crippen molar-refractivity contribution in [2.24, 2.45) is 50.2 Å². The minimum Gasteiger partial charge on any atom is -0.432 e. The van der Waals surface area contributed by atoms with Crippen LogP contribution in [0, 0.1) is 50.2 Å². The van der Waals surface area contributed by atoms with Crippen LogP contribution in [0.25, 0.3) is 0 Å². The number of esters is 1. The summed E-state index contributed by atoms with van der Waals surface area (Å²) >= 11 is 0. The molecule has 1 aliphatic heterocycles. The maximum absolute atomic E-state index is 14.5. The Morgan fingerprint density at radius 2 is 1.53 bits per heavy atom. The van der Waals surface area contributed by atoms with E-state index in [0.29, 0.717) is 19.3 Å². The lowest BCUT2D eigenvalue weighted by atomic mass is 9.33. The van der Waals surface area contributed by atoms with E-state index in [4.69, 9.17) is 9.47 Å². The first-order chi connectivity index (χ1) is 21.8. The molecule has 1 heterocycles. The van der Waals surface area contributed by atoms with Gasteiger partial charge in [-0.1, -0.05) is 53.2 Å². The molecule has 8 N–H and O–H groups in total. The number of aliphatic hydroxyl groups is 8. The molecule has 0 aromatic rings. The molecule has 1 saturated heterocycles. The quantitative estimate of drug-likeness (QED) is 0.160. The van der Waals surface area contributed by atoms with Gasteiger partial charge in [-0.25, -0.2) is 0 Å². The third-order valence-electron chi connectivity index (χ3n) is 15.6. The summed E-state index contributed by atoms with van der Waals surface area (Å²) < 4.78 is 11.3. The predicted molar refractivity (Wildman–Crippen MR) is 169 cm³/mol. The van der Waals surface area contributed by atoms with Crippen LogP contribution in [0.15, 0.2) is 11.6 Å². The standard InChI is InChI=1S/C36H58O11/c1-31(2)23(40)15-36(30(45)47-29-27(43)26(42)25(41)19(16-37)46-29)14-13-34(5)18(24(36)28(31)44)7-8-21-32(3)11-10-22(39)33(4,17-38)20(32)9-12-35(21,34)6/h7,19-29,37-44H,8-17H2,1-6H3. The van der Waals surface area contributed by atoms with Crippen molar-refractivity contribution in [2.75, 3.05) is 13.2 Å². The van der Waals surface area contributed by atoms with Crippen molar-refractivity contribution in [3.63, 3.8) is 0 Å². The fourth-order valence-corrected chi connectivity index (χ4v) is 12.0. The monoisotopic (exact) mass is 666 g/mol. The van der Waals surface area contributed by atoms with Crippen LogP contribution in [0.4, 0.5) is 0 Å². The highest BCUT2D eigenvalue weighted by Crippen LogP contribution is 2.75. The smallest absolute Gasteiger partial charge is 0.315 e. The molecular formula is C36H58O11. The van der Waals surface area contributed by atoms with Crippen LogP contribution < -0.4 is 0 Å². The number of fused-ring (bicyclic) bond motifs is 7. The molecule has 0 aromatic carbocycles. The molecule has 11 heteroatoms. The van der Waals surface area contributed by atoms with Crippen molar-refractivity contribution < 1.29 is 55.1 Å². The minimum atomic E-state index is -1.77. The summed E-state index contributed by atoms with van der Waals surface area (Å²) in [6.07, 6.45) is -3.63. The van der Waals surface area contributed by atoms with Gasteiger partial charge in [0.2, 0.25) is 6.29 Å². The Kier molecular flexibility index (Phi) is 8.68. The Balaban J connectivity index is 1.40. The predicted octanol–water partition coefficient (Wildman–Crippen LogP) is 1.41. The Hall–Kier alpha value is -1.15. The zero-order valence-corrected chi connectivity index (χ0v) is 28.8. The summed E-state index contributed by atoms with van der Waals surface area (Å²) in [6.45, 7) is 11.9. The Labute approximate surface area is 278 Å². The molecule has 0 aromatic heterocycles. The van der Waals surface area contributed by atoms with Gasteiger partial charge in [-0.3, -0.25) is 4.79 Å². The Morgan fingerprint density at radius 1 is 0.851 bits per heavy atom. The highest BCUT2D eigenvalue weighted by atomic mass is 16.7. The van der Waals surface area contributed by atoms with Crippen LogP contribution in [-0.4, -0.2) is 109 Å². The molecule has 0 radical (unpaired) electrons. The van der Waals surface area contributed by atoms with E-state index >= 15 is 0 Å². The van der Waals surface area contributed by atoms with Crippen LogP contribution in [-0.2, 0) is 14.3 Å². The SMILES string of the molecule is CC1(C)C(O)CC2(C(=O)OC3OC(CO)C(O)C(O)C3O)CCC3(C)C(=CCC4C5(C)CCC(O)C(C)(CO)C5CCC43C)C2C1O. The van der Waals surface area contributed by atoms with Gasteiger partial charge in [0.1, 0.15) is 24.4 Å².